The summed E-state index contributed by atoms with van der Waals surface area (Å²) in [6.45, 7) is 8.24. The summed E-state index contributed by atoms with van der Waals surface area (Å²) in [6.07, 6.45) is 0. The fourth-order valence-corrected chi connectivity index (χ4v) is 3.04. The smallest absolute Gasteiger partial charge is 0.258 e. The van der Waals surface area contributed by atoms with Crippen molar-refractivity contribution in [1.82, 2.24) is 9.97 Å². The predicted molar refractivity (Wildman–Crippen MR) is 102 cm³/mol. The van der Waals surface area contributed by atoms with Gasteiger partial charge in [-0.25, -0.2) is 4.98 Å². The molecular formula is C21H26N3O+. The van der Waals surface area contributed by atoms with Crippen molar-refractivity contribution in [3.05, 3.63) is 75.8 Å². The molecule has 0 radical (unpaired) electrons. The molecule has 3 aromatic rings. The fraction of sp³-hybridized carbons (Fsp3) is 0.333. The molecule has 3 rings (SSSR count). The van der Waals surface area contributed by atoms with Gasteiger partial charge in [-0.15, -0.1) is 0 Å². The Morgan fingerprint density at radius 1 is 1.00 bits per heavy atom. The molecule has 4 nitrogen and oxygen atoms in total. The lowest BCUT2D eigenvalue weighted by Gasteiger charge is -2.19. The van der Waals surface area contributed by atoms with E-state index in [2.05, 4.69) is 62.1 Å². The van der Waals surface area contributed by atoms with Gasteiger partial charge in [0.15, 0.2) is 5.82 Å². The second-order valence-corrected chi connectivity index (χ2v) is 7.79. The molecule has 0 saturated carbocycles. The van der Waals surface area contributed by atoms with E-state index in [4.69, 9.17) is 0 Å². The van der Waals surface area contributed by atoms with Crippen molar-refractivity contribution in [1.29, 1.82) is 0 Å². The molecule has 0 aliphatic rings. The number of hydrogen-bond acceptors (Lipinski definition) is 2. The minimum Gasteiger partial charge on any atom is -0.327 e. The van der Waals surface area contributed by atoms with Crippen molar-refractivity contribution in [2.24, 2.45) is 0 Å². The van der Waals surface area contributed by atoms with Gasteiger partial charge < -0.3 is 9.88 Å². The Kier molecular flexibility index (Phi) is 4.73. The number of nitrogens with one attached hydrogen (secondary N) is 2. The molecule has 1 aromatic heterocycles. The van der Waals surface area contributed by atoms with E-state index in [-0.39, 0.29) is 11.0 Å². The first-order valence-electron chi connectivity index (χ1n) is 8.71. The number of H-pyrrole nitrogens is 1. The van der Waals surface area contributed by atoms with Crippen LogP contribution < -0.4 is 10.5 Å². The summed E-state index contributed by atoms with van der Waals surface area (Å²) in [5, 5.41) is 0.640. The molecule has 2 aromatic carbocycles. The van der Waals surface area contributed by atoms with Crippen LogP contribution in [0.1, 0.15) is 37.7 Å². The van der Waals surface area contributed by atoms with Crippen molar-refractivity contribution in [2.75, 3.05) is 7.05 Å². The Hall–Kier alpha value is -2.46. The number of para-hydroxylation sites is 1. The summed E-state index contributed by atoms with van der Waals surface area (Å²) in [6, 6.07) is 16.3. The Balaban J connectivity index is 1.72. The van der Waals surface area contributed by atoms with Gasteiger partial charge in [0.05, 0.1) is 18.0 Å². The monoisotopic (exact) mass is 336 g/mol. The zero-order valence-electron chi connectivity index (χ0n) is 15.4. The summed E-state index contributed by atoms with van der Waals surface area (Å²) in [4.78, 5) is 20.9. The molecule has 130 valence electrons. The van der Waals surface area contributed by atoms with Crippen LogP contribution in [0.5, 0.6) is 0 Å². The molecule has 1 heterocycles. The zero-order valence-corrected chi connectivity index (χ0v) is 15.4. The highest BCUT2D eigenvalue weighted by Crippen LogP contribution is 2.21. The van der Waals surface area contributed by atoms with Gasteiger partial charge in [-0.2, -0.15) is 0 Å². The molecule has 4 heteroatoms. The quantitative estimate of drug-likeness (QED) is 0.769. The number of benzene rings is 2. The maximum absolute atomic E-state index is 12.2. The number of quaternary nitrogens is 1. The Bertz CT molecular complexity index is 920. The number of hydrogen-bond donors (Lipinski definition) is 2. The maximum atomic E-state index is 12.2. The van der Waals surface area contributed by atoms with Crippen molar-refractivity contribution in [3.8, 4) is 0 Å². The van der Waals surface area contributed by atoms with Gasteiger partial charge in [-0.3, -0.25) is 4.79 Å². The molecular weight excluding hydrogens is 310 g/mol. The first-order valence-corrected chi connectivity index (χ1v) is 8.71. The number of nitrogens with zero attached hydrogens (tertiary/aromatic N) is 1. The first kappa shape index (κ1) is 17.4. The Morgan fingerprint density at radius 2 is 1.68 bits per heavy atom. The van der Waals surface area contributed by atoms with Crippen LogP contribution >= 0.6 is 0 Å². The maximum Gasteiger partial charge on any atom is 0.258 e. The van der Waals surface area contributed by atoms with E-state index >= 15 is 0 Å². The fourth-order valence-electron chi connectivity index (χ4n) is 3.04. The molecule has 0 fully saturated rings. The second kappa shape index (κ2) is 6.81. The molecule has 1 unspecified atom stereocenters. The average molecular weight is 336 g/mol. The van der Waals surface area contributed by atoms with Crippen LogP contribution in [0.15, 0.2) is 53.3 Å². The molecule has 0 bridgehead atoms. The standard InChI is InChI=1S/C21H25N3O/c1-21(2,3)16-11-9-15(10-12-16)13-24(4)14-19-22-18-8-6-5-7-17(18)20(25)23-19/h5-12H,13-14H2,1-4H3,(H,22,23,25)/p+1. The van der Waals surface area contributed by atoms with Crippen LogP contribution in [-0.2, 0) is 18.5 Å². The molecule has 0 amide bonds. The third kappa shape index (κ3) is 4.15. The van der Waals surface area contributed by atoms with Gasteiger partial charge >= 0.3 is 0 Å². The van der Waals surface area contributed by atoms with Crippen LogP contribution in [-0.4, -0.2) is 17.0 Å². The summed E-state index contributed by atoms with van der Waals surface area (Å²) in [5.41, 5.74) is 3.49. The third-order valence-electron chi connectivity index (χ3n) is 4.46. The van der Waals surface area contributed by atoms with Crippen LogP contribution in [0, 0.1) is 0 Å². The van der Waals surface area contributed by atoms with Gasteiger partial charge in [-0.05, 0) is 23.1 Å². The van der Waals surface area contributed by atoms with Gasteiger partial charge in [0, 0.05) is 5.56 Å². The minimum absolute atomic E-state index is 0.0667. The van der Waals surface area contributed by atoms with E-state index in [1.54, 1.807) is 6.07 Å². The molecule has 0 aliphatic carbocycles. The highest BCUT2D eigenvalue weighted by atomic mass is 16.1. The lowest BCUT2D eigenvalue weighted by Crippen LogP contribution is -3.06. The van der Waals surface area contributed by atoms with Crippen molar-refractivity contribution >= 4 is 10.9 Å². The van der Waals surface area contributed by atoms with E-state index in [1.807, 2.05) is 18.2 Å². The largest absolute Gasteiger partial charge is 0.327 e. The molecule has 2 N–H and O–H groups in total. The SMILES string of the molecule is C[NH+](Cc1ccc(C(C)(C)C)cc1)Cc1nc2ccccc2c(=O)[nH]1. The number of rotatable bonds is 4. The van der Waals surface area contributed by atoms with E-state index in [1.165, 1.54) is 16.0 Å². The highest BCUT2D eigenvalue weighted by molar-refractivity contribution is 5.77. The van der Waals surface area contributed by atoms with Crippen LogP contribution in [0.2, 0.25) is 0 Å². The average Bonchev–Trinajstić information content (AvgIpc) is 2.54. The second-order valence-electron chi connectivity index (χ2n) is 7.79. The van der Waals surface area contributed by atoms with E-state index < -0.39 is 0 Å². The van der Waals surface area contributed by atoms with Crippen molar-refractivity contribution < 1.29 is 4.90 Å². The van der Waals surface area contributed by atoms with E-state index in [9.17, 15) is 4.79 Å². The van der Waals surface area contributed by atoms with Crippen LogP contribution in [0.25, 0.3) is 10.9 Å². The van der Waals surface area contributed by atoms with Crippen LogP contribution in [0.4, 0.5) is 0 Å². The normalized spacial score (nSPS) is 13.1. The Morgan fingerprint density at radius 3 is 2.36 bits per heavy atom. The molecule has 0 aliphatic heterocycles. The van der Waals surface area contributed by atoms with Gasteiger partial charge in [0.25, 0.3) is 5.56 Å². The summed E-state index contributed by atoms with van der Waals surface area (Å²) < 4.78 is 0. The first-order chi connectivity index (χ1) is 11.8. The van der Waals surface area contributed by atoms with E-state index in [0.29, 0.717) is 11.9 Å². The molecule has 1 atom stereocenters. The number of aromatic nitrogens is 2. The lowest BCUT2D eigenvalue weighted by atomic mass is 9.87. The summed E-state index contributed by atoms with van der Waals surface area (Å²) in [5.74, 6) is 0.729. The van der Waals surface area contributed by atoms with Gasteiger partial charge in [-0.1, -0.05) is 57.2 Å². The highest BCUT2D eigenvalue weighted by Gasteiger charge is 2.14. The van der Waals surface area contributed by atoms with Crippen molar-refractivity contribution in [3.63, 3.8) is 0 Å². The molecule has 0 spiro atoms. The van der Waals surface area contributed by atoms with E-state index in [0.717, 1.165) is 17.9 Å². The topological polar surface area (TPSA) is 50.2 Å². The lowest BCUT2D eigenvalue weighted by molar-refractivity contribution is -0.908. The zero-order chi connectivity index (χ0) is 18.0. The predicted octanol–water partition coefficient (Wildman–Crippen LogP) is 2.44. The van der Waals surface area contributed by atoms with Gasteiger partial charge in [0.1, 0.15) is 13.1 Å². The number of aromatic amines is 1. The minimum atomic E-state index is -0.0667. The number of fused-ring (bicyclic) bond motifs is 1. The van der Waals surface area contributed by atoms with Crippen molar-refractivity contribution in [2.45, 2.75) is 39.3 Å². The van der Waals surface area contributed by atoms with Gasteiger partial charge in [0.2, 0.25) is 0 Å². The summed E-state index contributed by atoms with van der Waals surface area (Å²) in [7, 11) is 2.12. The third-order valence-corrected chi connectivity index (χ3v) is 4.46. The molecule has 0 saturated heterocycles. The molecule has 25 heavy (non-hydrogen) atoms. The summed E-state index contributed by atoms with van der Waals surface area (Å²) >= 11 is 0. The Labute approximate surface area is 148 Å². The van der Waals surface area contributed by atoms with Crippen LogP contribution in [0.3, 0.4) is 0 Å².